The van der Waals surface area contributed by atoms with Gasteiger partial charge in [-0.3, -0.25) is 14.0 Å². The SMILES string of the molecule is C=CN(c1cccc2cc(C3=NCC(CC(=O)N4CCS(=O)CC4)S3)[nH]c12)S(=O)(=O)c1cccs1. The van der Waals surface area contributed by atoms with Crippen LogP contribution in [0.4, 0.5) is 5.69 Å². The molecule has 5 rings (SSSR count). The minimum atomic E-state index is -3.78. The Morgan fingerprint density at radius 2 is 2.09 bits per heavy atom. The van der Waals surface area contributed by atoms with Crippen LogP contribution in [0.25, 0.3) is 10.9 Å². The van der Waals surface area contributed by atoms with Crippen LogP contribution in [0.2, 0.25) is 0 Å². The number of hydrogen-bond acceptors (Lipinski definition) is 7. The summed E-state index contributed by atoms with van der Waals surface area (Å²) in [6.07, 6.45) is 1.70. The van der Waals surface area contributed by atoms with Crippen molar-refractivity contribution < 1.29 is 17.4 Å². The van der Waals surface area contributed by atoms with Gasteiger partial charge in [0.2, 0.25) is 5.91 Å². The van der Waals surface area contributed by atoms with Gasteiger partial charge < -0.3 is 9.88 Å². The van der Waals surface area contributed by atoms with Gasteiger partial charge in [0.25, 0.3) is 10.0 Å². The fourth-order valence-electron chi connectivity index (χ4n) is 4.16. The molecule has 4 heterocycles. The van der Waals surface area contributed by atoms with Gasteiger partial charge in [0, 0.05) is 58.7 Å². The Morgan fingerprint density at radius 1 is 1.29 bits per heavy atom. The summed E-state index contributed by atoms with van der Waals surface area (Å²) >= 11 is 2.71. The monoisotopic (exact) mass is 548 g/mol. The minimum absolute atomic E-state index is 0.0414. The number of anilines is 1. The Kier molecular flexibility index (Phi) is 6.88. The molecule has 1 atom stereocenters. The van der Waals surface area contributed by atoms with Crippen molar-refractivity contribution in [2.75, 3.05) is 35.4 Å². The molecule has 0 aliphatic carbocycles. The number of sulfonamides is 1. The number of nitrogens with zero attached hydrogens (tertiary/aromatic N) is 3. The normalized spacial score (nSPS) is 19.1. The van der Waals surface area contributed by atoms with E-state index >= 15 is 0 Å². The van der Waals surface area contributed by atoms with Crippen molar-refractivity contribution in [1.82, 2.24) is 9.88 Å². The fourth-order valence-corrected chi connectivity index (χ4v) is 8.68. The summed E-state index contributed by atoms with van der Waals surface area (Å²) in [5.41, 5.74) is 1.94. The van der Waals surface area contributed by atoms with Crippen LogP contribution < -0.4 is 4.31 Å². The maximum atomic E-state index is 13.2. The molecule has 2 aliphatic rings. The van der Waals surface area contributed by atoms with E-state index in [1.165, 1.54) is 10.5 Å². The summed E-state index contributed by atoms with van der Waals surface area (Å²) in [7, 11) is -4.59. The van der Waals surface area contributed by atoms with Gasteiger partial charge in [-0.15, -0.1) is 11.3 Å². The first-order valence-electron chi connectivity index (χ1n) is 11.0. The number of fused-ring (bicyclic) bond motifs is 1. The molecule has 1 aromatic carbocycles. The number of aromatic amines is 1. The number of para-hydroxylation sites is 1. The predicted octanol–water partition coefficient (Wildman–Crippen LogP) is 3.41. The van der Waals surface area contributed by atoms with E-state index in [4.69, 9.17) is 0 Å². The first-order valence-corrected chi connectivity index (χ1v) is 15.7. The van der Waals surface area contributed by atoms with Crippen LogP contribution >= 0.6 is 23.1 Å². The molecular weight excluding hydrogens is 525 g/mol. The van der Waals surface area contributed by atoms with E-state index in [1.807, 2.05) is 18.2 Å². The third kappa shape index (κ3) is 4.84. The summed E-state index contributed by atoms with van der Waals surface area (Å²) in [6.45, 7) is 5.38. The fraction of sp³-hybridized carbons (Fsp3) is 0.304. The number of thiophene rings is 1. The molecule has 8 nitrogen and oxygen atoms in total. The molecule has 2 aromatic heterocycles. The minimum Gasteiger partial charge on any atom is -0.351 e. The molecule has 0 radical (unpaired) electrons. The van der Waals surface area contributed by atoms with E-state index in [1.54, 1.807) is 40.2 Å². The number of benzene rings is 1. The van der Waals surface area contributed by atoms with E-state index < -0.39 is 20.8 Å². The Morgan fingerprint density at radius 3 is 2.80 bits per heavy atom. The third-order valence-corrected chi connectivity index (χ3v) is 11.5. The molecule has 1 amide bonds. The standard InChI is InChI=1S/C23H24N4O4S4/c1-2-27(35(30,31)21-7-4-10-32-21)19-6-3-5-16-13-18(25-22(16)19)23-24-15-17(33-23)14-20(28)26-8-11-34(29)12-9-26/h2-7,10,13,17,25H,1,8-9,11-12,14-15H2. The van der Waals surface area contributed by atoms with Crippen LogP contribution in [0.3, 0.4) is 0 Å². The number of carbonyl (C=O) groups excluding carboxylic acids is 1. The van der Waals surface area contributed by atoms with Crippen molar-refractivity contribution in [3.05, 3.63) is 60.3 Å². The van der Waals surface area contributed by atoms with Gasteiger partial charge in [-0.2, -0.15) is 8.42 Å². The Labute approximate surface area is 214 Å². The zero-order valence-corrected chi connectivity index (χ0v) is 22.0. The molecule has 3 aromatic rings. The van der Waals surface area contributed by atoms with Crippen molar-refractivity contribution in [2.24, 2.45) is 4.99 Å². The molecule has 184 valence electrons. The number of aliphatic imine (C=N–C) groups is 1. The first kappa shape index (κ1) is 24.3. The lowest BCUT2D eigenvalue weighted by Crippen LogP contribution is -2.42. The maximum Gasteiger partial charge on any atom is 0.277 e. The molecule has 35 heavy (non-hydrogen) atoms. The number of H-pyrrole nitrogens is 1. The number of amides is 1. The average molecular weight is 549 g/mol. The molecule has 1 saturated heterocycles. The number of aromatic nitrogens is 1. The highest BCUT2D eigenvalue weighted by Gasteiger charge is 2.29. The highest BCUT2D eigenvalue weighted by atomic mass is 32.2. The number of hydrogen-bond donors (Lipinski definition) is 1. The third-order valence-electron chi connectivity index (χ3n) is 5.93. The molecule has 0 bridgehead atoms. The van der Waals surface area contributed by atoms with Crippen molar-refractivity contribution in [1.29, 1.82) is 0 Å². The largest absolute Gasteiger partial charge is 0.351 e. The van der Waals surface area contributed by atoms with Gasteiger partial charge in [-0.25, -0.2) is 4.31 Å². The molecule has 0 saturated carbocycles. The van der Waals surface area contributed by atoms with E-state index in [0.717, 1.165) is 27.5 Å². The first-order chi connectivity index (χ1) is 16.9. The van der Waals surface area contributed by atoms with Crippen LogP contribution in [0.15, 0.2) is 63.8 Å². The van der Waals surface area contributed by atoms with Crippen LogP contribution in [0.1, 0.15) is 12.1 Å². The number of nitrogens with one attached hydrogen (secondary N) is 1. The van der Waals surface area contributed by atoms with E-state index in [2.05, 4.69) is 16.6 Å². The summed E-state index contributed by atoms with van der Waals surface area (Å²) < 4.78 is 39.4. The summed E-state index contributed by atoms with van der Waals surface area (Å²) in [4.78, 5) is 22.5. The van der Waals surface area contributed by atoms with E-state index in [-0.39, 0.29) is 15.4 Å². The zero-order valence-electron chi connectivity index (χ0n) is 18.8. The number of rotatable bonds is 7. The molecule has 1 unspecified atom stereocenters. The van der Waals surface area contributed by atoms with Gasteiger partial charge in [-0.1, -0.05) is 36.5 Å². The number of carbonyl (C=O) groups is 1. The predicted molar refractivity (Wildman–Crippen MR) is 144 cm³/mol. The second-order valence-corrected chi connectivity index (χ2v) is 14.1. The van der Waals surface area contributed by atoms with Gasteiger partial charge >= 0.3 is 0 Å². The second kappa shape index (κ2) is 9.92. The molecule has 1 N–H and O–H groups in total. The molecule has 0 spiro atoms. The average Bonchev–Trinajstić information content (AvgIpc) is 3.60. The lowest BCUT2D eigenvalue weighted by molar-refractivity contribution is -0.130. The molecule has 2 aliphatic heterocycles. The van der Waals surface area contributed by atoms with Crippen LogP contribution in [-0.4, -0.2) is 69.9 Å². The summed E-state index contributed by atoms with van der Waals surface area (Å²) in [6, 6.07) is 10.7. The zero-order chi connectivity index (χ0) is 24.6. The van der Waals surface area contributed by atoms with Crippen molar-refractivity contribution in [3.63, 3.8) is 0 Å². The van der Waals surface area contributed by atoms with Crippen LogP contribution in [0, 0.1) is 0 Å². The Balaban J connectivity index is 1.34. The molecular formula is C23H24N4O4S4. The topological polar surface area (TPSA) is 103 Å². The van der Waals surface area contributed by atoms with E-state index in [9.17, 15) is 17.4 Å². The van der Waals surface area contributed by atoms with Gasteiger partial charge in [0.05, 0.1) is 23.4 Å². The quantitative estimate of drug-likeness (QED) is 0.488. The van der Waals surface area contributed by atoms with Crippen molar-refractivity contribution in [2.45, 2.75) is 15.9 Å². The maximum absolute atomic E-state index is 13.2. The highest BCUT2D eigenvalue weighted by molar-refractivity contribution is 8.15. The van der Waals surface area contributed by atoms with Gasteiger partial charge in [0.15, 0.2) is 0 Å². The van der Waals surface area contributed by atoms with Crippen LogP contribution in [0.5, 0.6) is 0 Å². The Bertz CT molecular complexity index is 1420. The summed E-state index contributed by atoms with van der Waals surface area (Å²) in [5, 5.41) is 3.43. The highest BCUT2D eigenvalue weighted by Crippen LogP contribution is 2.35. The van der Waals surface area contributed by atoms with Crippen molar-refractivity contribution in [3.8, 4) is 0 Å². The smallest absolute Gasteiger partial charge is 0.277 e. The second-order valence-electron chi connectivity index (χ2n) is 8.16. The van der Waals surface area contributed by atoms with Gasteiger partial charge in [0.1, 0.15) is 9.25 Å². The summed E-state index contributed by atoms with van der Waals surface area (Å²) in [5.74, 6) is 1.18. The molecule has 12 heteroatoms. The number of thioether (sulfide) groups is 1. The Hall–Kier alpha value is -2.41. The van der Waals surface area contributed by atoms with E-state index in [0.29, 0.717) is 48.8 Å². The lowest BCUT2D eigenvalue weighted by Gasteiger charge is -2.27. The van der Waals surface area contributed by atoms with Crippen molar-refractivity contribution >= 4 is 71.5 Å². The van der Waals surface area contributed by atoms with Crippen LogP contribution in [-0.2, 0) is 25.6 Å². The molecule has 1 fully saturated rings. The lowest BCUT2D eigenvalue weighted by atomic mass is 10.2. The van der Waals surface area contributed by atoms with Gasteiger partial charge in [-0.05, 0) is 23.6 Å².